The maximum Gasteiger partial charge on any atom is 0.357 e. The molecule has 3 aromatic carbocycles. The first kappa shape index (κ1) is 21.1. The fourth-order valence-corrected chi connectivity index (χ4v) is 3.81. The summed E-state index contributed by atoms with van der Waals surface area (Å²) in [4.78, 5) is 29.7. The molecule has 0 saturated carbocycles. The molecular weight excluding hydrogens is 434 g/mol. The minimum atomic E-state index is -0.694. The van der Waals surface area contributed by atoms with Crippen LogP contribution in [0.2, 0.25) is 0 Å². The lowest BCUT2D eigenvalue weighted by atomic mass is 10.0. The van der Waals surface area contributed by atoms with Gasteiger partial charge in [-0.1, -0.05) is 48.5 Å². The third kappa shape index (κ3) is 3.61. The lowest BCUT2D eigenvalue weighted by molar-refractivity contribution is 0.0549. The Balaban J connectivity index is 1.64. The third-order valence-corrected chi connectivity index (χ3v) is 5.48. The number of hydrogen-bond acceptors (Lipinski definition) is 7. The van der Waals surface area contributed by atoms with Crippen molar-refractivity contribution in [1.29, 1.82) is 0 Å². The van der Waals surface area contributed by atoms with Gasteiger partial charge in [0.25, 0.3) is 0 Å². The number of ether oxygens (including phenoxy) is 2. The zero-order chi connectivity index (χ0) is 23.7. The quantitative estimate of drug-likeness (QED) is 0.349. The van der Waals surface area contributed by atoms with Gasteiger partial charge in [0, 0.05) is 5.56 Å². The average molecular weight is 453 g/mol. The molecule has 0 aliphatic rings. The van der Waals surface area contributed by atoms with Crippen molar-refractivity contribution in [3.8, 4) is 28.1 Å². The fraction of sp³-hybridized carbons (Fsp3) is 0.0769. The van der Waals surface area contributed by atoms with Crippen LogP contribution < -0.4 is 0 Å². The van der Waals surface area contributed by atoms with Crippen LogP contribution in [-0.2, 0) is 9.47 Å². The van der Waals surface area contributed by atoms with E-state index < -0.39 is 11.9 Å². The number of aromatic nitrogens is 3. The highest BCUT2D eigenvalue weighted by Crippen LogP contribution is 2.31. The second-order valence-electron chi connectivity index (χ2n) is 7.41. The molecule has 0 aliphatic heterocycles. The second kappa shape index (κ2) is 8.67. The fourth-order valence-electron chi connectivity index (χ4n) is 3.81. The number of methoxy groups -OCH3 is 2. The highest BCUT2D eigenvalue weighted by atomic mass is 16.5. The van der Waals surface area contributed by atoms with E-state index in [1.165, 1.54) is 25.3 Å². The van der Waals surface area contributed by atoms with Gasteiger partial charge in [-0.3, -0.25) is 0 Å². The van der Waals surface area contributed by atoms with Crippen molar-refractivity contribution in [3.05, 3.63) is 90.4 Å². The van der Waals surface area contributed by atoms with Crippen LogP contribution >= 0.6 is 0 Å². The number of nitrogens with zero attached hydrogens (tertiary/aromatic N) is 3. The molecule has 0 N–H and O–H groups in total. The van der Waals surface area contributed by atoms with Crippen LogP contribution in [0.15, 0.2) is 83.6 Å². The Labute approximate surface area is 194 Å². The Morgan fingerprint density at radius 2 is 1.50 bits per heavy atom. The zero-order valence-electron chi connectivity index (χ0n) is 18.4. The van der Waals surface area contributed by atoms with E-state index in [2.05, 4.69) is 10.1 Å². The first-order valence-electron chi connectivity index (χ1n) is 10.4. The van der Waals surface area contributed by atoms with E-state index in [-0.39, 0.29) is 11.3 Å². The Morgan fingerprint density at radius 3 is 2.21 bits per heavy atom. The molecule has 0 amide bonds. The first-order chi connectivity index (χ1) is 16.6. The molecule has 0 bridgehead atoms. The predicted molar refractivity (Wildman–Crippen MR) is 125 cm³/mol. The van der Waals surface area contributed by atoms with Gasteiger partial charge >= 0.3 is 11.9 Å². The summed E-state index contributed by atoms with van der Waals surface area (Å²) >= 11 is 0. The molecule has 0 radical (unpaired) electrons. The maximum absolute atomic E-state index is 12.8. The molecule has 0 fully saturated rings. The lowest BCUT2D eigenvalue weighted by Gasteiger charge is -2.07. The van der Waals surface area contributed by atoms with Gasteiger partial charge in [-0.05, 0) is 35.4 Å². The van der Waals surface area contributed by atoms with E-state index in [1.54, 1.807) is 12.1 Å². The number of carbonyl (C=O) groups excluding carboxylic acids is 2. The lowest BCUT2D eigenvalue weighted by Crippen LogP contribution is -2.15. The summed E-state index contributed by atoms with van der Waals surface area (Å²) in [6.45, 7) is 0. The van der Waals surface area contributed by atoms with E-state index in [0.717, 1.165) is 16.6 Å². The highest BCUT2D eigenvalue weighted by molar-refractivity contribution is 6.06. The Kier molecular flexibility index (Phi) is 5.39. The van der Waals surface area contributed by atoms with Gasteiger partial charge in [-0.25, -0.2) is 19.3 Å². The molecule has 0 unspecified atom stereocenters. The number of carbonyl (C=O) groups is 2. The number of oxazole rings is 1. The molecule has 2 aromatic heterocycles. The monoisotopic (exact) mass is 453 g/mol. The Bertz CT molecular complexity index is 1500. The molecule has 8 nitrogen and oxygen atoms in total. The van der Waals surface area contributed by atoms with E-state index in [4.69, 9.17) is 13.9 Å². The van der Waals surface area contributed by atoms with Crippen molar-refractivity contribution < 1.29 is 23.5 Å². The van der Waals surface area contributed by atoms with Gasteiger partial charge < -0.3 is 13.9 Å². The van der Waals surface area contributed by atoms with Crippen LogP contribution in [0.25, 0.3) is 39.2 Å². The van der Waals surface area contributed by atoms with Gasteiger partial charge in [0.2, 0.25) is 0 Å². The van der Waals surface area contributed by atoms with Gasteiger partial charge in [-0.15, -0.1) is 0 Å². The van der Waals surface area contributed by atoms with Crippen molar-refractivity contribution in [2.45, 2.75) is 0 Å². The molecule has 0 saturated heterocycles. The van der Waals surface area contributed by atoms with Crippen molar-refractivity contribution in [3.63, 3.8) is 0 Å². The minimum Gasteiger partial charge on any atom is -0.465 e. The summed E-state index contributed by atoms with van der Waals surface area (Å²) in [6.07, 6.45) is 1.41. The van der Waals surface area contributed by atoms with Crippen LogP contribution in [0.5, 0.6) is 0 Å². The third-order valence-electron chi connectivity index (χ3n) is 5.48. The second-order valence-corrected chi connectivity index (χ2v) is 7.41. The summed E-state index contributed by atoms with van der Waals surface area (Å²) in [5.41, 5.74) is 4.99. The molecule has 8 heteroatoms. The minimum absolute atomic E-state index is 0.00360. The normalized spacial score (nSPS) is 10.9. The molecule has 0 spiro atoms. The SMILES string of the molecule is COC(=O)c1c(-c2ccc(-c3ccc4ocnc4c3)cc2)nn(-c2ccccc2)c1C(=O)OC. The van der Waals surface area contributed by atoms with E-state index in [0.29, 0.717) is 22.5 Å². The Morgan fingerprint density at radius 1 is 0.824 bits per heavy atom. The number of hydrogen-bond donors (Lipinski definition) is 0. The molecule has 0 aliphatic carbocycles. The predicted octanol–water partition coefficient (Wildman–Crippen LogP) is 4.92. The van der Waals surface area contributed by atoms with Gasteiger partial charge in [0.1, 0.15) is 16.8 Å². The number of para-hydroxylation sites is 1. The highest BCUT2D eigenvalue weighted by Gasteiger charge is 2.31. The molecule has 34 heavy (non-hydrogen) atoms. The van der Waals surface area contributed by atoms with Crippen LogP contribution in [-0.4, -0.2) is 40.9 Å². The van der Waals surface area contributed by atoms with Crippen molar-refractivity contribution in [2.24, 2.45) is 0 Å². The van der Waals surface area contributed by atoms with Crippen molar-refractivity contribution in [2.75, 3.05) is 14.2 Å². The molecule has 168 valence electrons. The van der Waals surface area contributed by atoms with Gasteiger partial charge in [0.05, 0.1) is 19.9 Å². The molecular formula is C26H19N3O5. The van der Waals surface area contributed by atoms with E-state index in [1.807, 2.05) is 60.7 Å². The summed E-state index contributed by atoms with van der Waals surface area (Å²) in [5.74, 6) is -1.38. The largest absolute Gasteiger partial charge is 0.465 e. The van der Waals surface area contributed by atoms with Crippen molar-refractivity contribution >= 4 is 23.0 Å². The maximum atomic E-state index is 12.8. The summed E-state index contributed by atoms with van der Waals surface area (Å²) in [5, 5.41) is 4.62. The van der Waals surface area contributed by atoms with Crippen LogP contribution in [0.1, 0.15) is 20.8 Å². The average Bonchev–Trinajstić information content (AvgIpc) is 3.53. The van der Waals surface area contributed by atoms with Crippen LogP contribution in [0, 0.1) is 0 Å². The smallest absolute Gasteiger partial charge is 0.357 e. The zero-order valence-corrected chi connectivity index (χ0v) is 18.4. The standard InChI is InChI=1S/C26H19N3O5/c1-32-25(30)22-23(28-29(24(22)26(31)33-2)19-6-4-3-5-7-19)17-10-8-16(9-11-17)18-12-13-21-20(14-18)27-15-34-21/h3-15H,1-2H3. The topological polar surface area (TPSA) is 96.5 Å². The number of benzene rings is 3. The summed E-state index contributed by atoms with van der Waals surface area (Å²) in [6, 6.07) is 22.3. The van der Waals surface area contributed by atoms with E-state index in [9.17, 15) is 9.59 Å². The molecule has 5 aromatic rings. The van der Waals surface area contributed by atoms with Crippen LogP contribution in [0.3, 0.4) is 0 Å². The van der Waals surface area contributed by atoms with Gasteiger partial charge in [0.15, 0.2) is 17.7 Å². The molecule has 0 atom stereocenters. The van der Waals surface area contributed by atoms with Crippen LogP contribution in [0.4, 0.5) is 0 Å². The summed E-state index contributed by atoms with van der Waals surface area (Å²) in [7, 11) is 2.52. The van der Waals surface area contributed by atoms with E-state index >= 15 is 0 Å². The van der Waals surface area contributed by atoms with Gasteiger partial charge in [-0.2, -0.15) is 5.10 Å². The molecule has 2 heterocycles. The summed E-state index contributed by atoms with van der Waals surface area (Å²) < 4.78 is 16.7. The number of esters is 2. The molecule has 5 rings (SSSR count). The Hall–Kier alpha value is -4.72. The number of rotatable bonds is 5. The van der Waals surface area contributed by atoms with Crippen molar-refractivity contribution in [1.82, 2.24) is 14.8 Å². The number of fused-ring (bicyclic) bond motifs is 1. The first-order valence-corrected chi connectivity index (χ1v) is 10.4.